The summed E-state index contributed by atoms with van der Waals surface area (Å²) in [6.45, 7) is 4.47. The van der Waals surface area contributed by atoms with E-state index in [9.17, 15) is 4.79 Å². The first-order chi connectivity index (χ1) is 7.61. The lowest BCUT2D eigenvalue weighted by atomic mass is 10.2. The van der Waals surface area contributed by atoms with Gasteiger partial charge in [-0.3, -0.25) is 0 Å². The van der Waals surface area contributed by atoms with Gasteiger partial charge in [-0.15, -0.1) is 5.10 Å². The molecule has 1 rings (SSSR count). The van der Waals surface area contributed by atoms with Gasteiger partial charge in [0.15, 0.2) is 5.69 Å². The van der Waals surface area contributed by atoms with Gasteiger partial charge in [-0.25, -0.2) is 9.48 Å². The van der Waals surface area contributed by atoms with Crippen molar-refractivity contribution in [3.8, 4) is 0 Å². The number of nitrogens with zero attached hydrogens (tertiary/aromatic N) is 3. The topological polar surface area (TPSA) is 77.2 Å². The van der Waals surface area contributed by atoms with Gasteiger partial charge >= 0.3 is 5.97 Å². The minimum absolute atomic E-state index is 0.0253. The number of methoxy groups -OCH3 is 1. The molecule has 0 radical (unpaired) electrons. The van der Waals surface area contributed by atoms with Crippen molar-refractivity contribution in [1.29, 1.82) is 0 Å². The van der Waals surface area contributed by atoms with Gasteiger partial charge in [0.1, 0.15) is 0 Å². The minimum atomic E-state index is -1.04. The van der Waals surface area contributed by atoms with Crippen LogP contribution in [0.1, 0.15) is 42.5 Å². The fourth-order valence-electron chi connectivity index (χ4n) is 1.44. The number of hydrogen-bond donors (Lipinski definition) is 1. The highest BCUT2D eigenvalue weighted by Crippen LogP contribution is 2.15. The molecular weight excluding hydrogens is 210 g/mol. The van der Waals surface area contributed by atoms with Gasteiger partial charge in [0.25, 0.3) is 0 Å². The Kier molecular flexibility index (Phi) is 4.42. The maximum atomic E-state index is 11.0. The van der Waals surface area contributed by atoms with Crippen molar-refractivity contribution < 1.29 is 14.6 Å². The van der Waals surface area contributed by atoms with Gasteiger partial charge in [-0.05, 0) is 13.3 Å². The summed E-state index contributed by atoms with van der Waals surface area (Å²) in [5.74, 6) is -1.04. The quantitative estimate of drug-likeness (QED) is 0.788. The first-order valence-corrected chi connectivity index (χ1v) is 5.28. The summed E-state index contributed by atoms with van der Waals surface area (Å²) in [4.78, 5) is 11.0. The van der Waals surface area contributed by atoms with Crippen molar-refractivity contribution in [2.75, 3.05) is 13.7 Å². The summed E-state index contributed by atoms with van der Waals surface area (Å²) >= 11 is 0. The normalized spacial score (nSPS) is 12.7. The third-order valence-electron chi connectivity index (χ3n) is 2.54. The molecule has 0 aliphatic rings. The number of ether oxygens (including phenoxy) is 1. The number of carboxylic acids is 1. The standard InChI is InChI=1S/C10H17N3O3/c1-4-7(2)13-8(5-6-16-3)9(10(14)15)11-12-13/h7H,4-6H2,1-3H3,(H,14,15). The summed E-state index contributed by atoms with van der Waals surface area (Å²) in [6.07, 6.45) is 1.39. The van der Waals surface area contributed by atoms with Crippen molar-refractivity contribution in [3.63, 3.8) is 0 Å². The van der Waals surface area contributed by atoms with E-state index in [1.807, 2.05) is 13.8 Å². The molecule has 0 bridgehead atoms. The molecule has 1 unspecified atom stereocenters. The number of aromatic carboxylic acids is 1. The summed E-state index contributed by atoms with van der Waals surface area (Å²) in [6, 6.07) is 0.146. The van der Waals surface area contributed by atoms with E-state index in [4.69, 9.17) is 9.84 Å². The lowest BCUT2D eigenvalue weighted by Gasteiger charge is -2.12. The van der Waals surface area contributed by atoms with Crippen LogP contribution in [0.5, 0.6) is 0 Å². The van der Waals surface area contributed by atoms with Gasteiger partial charge in [0.05, 0.1) is 18.3 Å². The molecule has 0 spiro atoms. The van der Waals surface area contributed by atoms with Gasteiger partial charge in [-0.2, -0.15) is 0 Å². The van der Waals surface area contributed by atoms with Gasteiger partial charge < -0.3 is 9.84 Å². The SMILES string of the molecule is CCC(C)n1nnc(C(=O)O)c1CCOC. The molecule has 1 N–H and O–H groups in total. The molecule has 0 amide bonds. The number of hydrogen-bond acceptors (Lipinski definition) is 4. The van der Waals surface area contributed by atoms with Crippen molar-refractivity contribution in [3.05, 3.63) is 11.4 Å². The Morgan fingerprint density at radius 3 is 2.81 bits per heavy atom. The lowest BCUT2D eigenvalue weighted by molar-refractivity contribution is 0.0688. The Labute approximate surface area is 94.2 Å². The van der Waals surface area contributed by atoms with Crippen LogP contribution in [0.4, 0.5) is 0 Å². The van der Waals surface area contributed by atoms with E-state index in [2.05, 4.69) is 10.3 Å². The van der Waals surface area contributed by atoms with Crippen molar-refractivity contribution in [1.82, 2.24) is 15.0 Å². The molecule has 0 aliphatic heterocycles. The van der Waals surface area contributed by atoms with Crippen LogP contribution in [0.15, 0.2) is 0 Å². The van der Waals surface area contributed by atoms with Crippen LogP contribution in [0.25, 0.3) is 0 Å². The molecule has 1 aromatic heterocycles. The second kappa shape index (κ2) is 5.60. The highest BCUT2D eigenvalue weighted by molar-refractivity contribution is 5.86. The van der Waals surface area contributed by atoms with Gasteiger partial charge in [0, 0.05) is 13.5 Å². The fourth-order valence-corrected chi connectivity index (χ4v) is 1.44. The fraction of sp³-hybridized carbons (Fsp3) is 0.700. The number of carboxylic acid groups (broad SMARTS) is 1. The van der Waals surface area contributed by atoms with Crippen LogP contribution >= 0.6 is 0 Å². The maximum Gasteiger partial charge on any atom is 0.358 e. The zero-order chi connectivity index (χ0) is 12.1. The predicted octanol–water partition coefficient (Wildman–Crippen LogP) is 1.14. The zero-order valence-electron chi connectivity index (χ0n) is 9.80. The summed E-state index contributed by atoms with van der Waals surface area (Å²) in [5.41, 5.74) is 0.654. The smallest absolute Gasteiger partial charge is 0.358 e. The zero-order valence-corrected chi connectivity index (χ0v) is 9.80. The van der Waals surface area contributed by atoms with Gasteiger partial charge in [-0.1, -0.05) is 12.1 Å². The van der Waals surface area contributed by atoms with Gasteiger partial charge in [0.2, 0.25) is 0 Å². The summed E-state index contributed by atoms with van der Waals surface area (Å²) in [5, 5.41) is 16.6. The second-order valence-corrected chi connectivity index (χ2v) is 3.63. The third-order valence-corrected chi connectivity index (χ3v) is 2.54. The average Bonchev–Trinajstić information content (AvgIpc) is 2.68. The highest BCUT2D eigenvalue weighted by Gasteiger charge is 2.20. The molecule has 0 aliphatic carbocycles. The van der Waals surface area contributed by atoms with Crippen LogP contribution < -0.4 is 0 Å². The molecule has 0 fully saturated rings. The summed E-state index contributed by atoms with van der Waals surface area (Å²) < 4.78 is 6.63. The van der Waals surface area contributed by atoms with Crippen LogP contribution in [-0.2, 0) is 11.2 Å². The molecule has 90 valence electrons. The molecule has 6 heteroatoms. The molecule has 0 saturated carbocycles. The Hall–Kier alpha value is -1.43. The van der Waals surface area contributed by atoms with Crippen LogP contribution in [0, 0.1) is 0 Å². The second-order valence-electron chi connectivity index (χ2n) is 3.63. The van der Waals surface area contributed by atoms with E-state index >= 15 is 0 Å². The van der Waals surface area contributed by atoms with E-state index in [0.29, 0.717) is 18.7 Å². The molecule has 1 aromatic rings. The largest absolute Gasteiger partial charge is 0.476 e. The maximum absolute atomic E-state index is 11.0. The number of rotatable bonds is 6. The Morgan fingerprint density at radius 1 is 1.62 bits per heavy atom. The predicted molar refractivity (Wildman–Crippen MR) is 57.6 cm³/mol. The van der Waals surface area contributed by atoms with Crippen LogP contribution in [0.3, 0.4) is 0 Å². The molecular formula is C10H17N3O3. The van der Waals surface area contributed by atoms with E-state index in [1.54, 1.807) is 11.8 Å². The highest BCUT2D eigenvalue weighted by atomic mass is 16.5. The average molecular weight is 227 g/mol. The number of carbonyl (C=O) groups is 1. The van der Waals surface area contributed by atoms with E-state index in [0.717, 1.165) is 6.42 Å². The molecule has 0 aromatic carbocycles. The molecule has 6 nitrogen and oxygen atoms in total. The van der Waals surface area contributed by atoms with Crippen LogP contribution in [-0.4, -0.2) is 39.8 Å². The van der Waals surface area contributed by atoms with E-state index in [1.165, 1.54) is 0 Å². The molecule has 0 saturated heterocycles. The minimum Gasteiger partial charge on any atom is -0.476 e. The Bertz CT molecular complexity index is 362. The molecule has 16 heavy (non-hydrogen) atoms. The van der Waals surface area contributed by atoms with Crippen LogP contribution in [0.2, 0.25) is 0 Å². The number of aromatic nitrogens is 3. The molecule has 1 heterocycles. The summed E-state index contributed by atoms with van der Waals surface area (Å²) in [7, 11) is 1.58. The van der Waals surface area contributed by atoms with Crippen molar-refractivity contribution >= 4 is 5.97 Å². The molecule has 1 atom stereocenters. The third kappa shape index (κ3) is 2.57. The van der Waals surface area contributed by atoms with Crippen molar-refractivity contribution in [2.45, 2.75) is 32.7 Å². The van der Waals surface area contributed by atoms with E-state index in [-0.39, 0.29) is 11.7 Å². The van der Waals surface area contributed by atoms with Crippen molar-refractivity contribution in [2.24, 2.45) is 0 Å². The van der Waals surface area contributed by atoms with E-state index < -0.39 is 5.97 Å². The Balaban J connectivity index is 3.03. The first-order valence-electron chi connectivity index (χ1n) is 5.28. The first kappa shape index (κ1) is 12.6. The monoisotopic (exact) mass is 227 g/mol. The Morgan fingerprint density at radius 2 is 2.31 bits per heavy atom. The lowest BCUT2D eigenvalue weighted by Crippen LogP contribution is -2.13.